The van der Waals surface area contributed by atoms with Crippen molar-refractivity contribution in [1.82, 2.24) is 4.90 Å². The Balaban J connectivity index is 2.28. The van der Waals surface area contributed by atoms with E-state index in [-0.39, 0.29) is 5.82 Å². The van der Waals surface area contributed by atoms with Gasteiger partial charge in [-0.1, -0.05) is 23.2 Å². The van der Waals surface area contributed by atoms with Crippen LogP contribution in [0.15, 0.2) is 35.3 Å². The molecule has 0 bridgehead atoms. The highest BCUT2D eigenvalue weighted by molar-refractivity contribution is 6.35. The standard InChI is InChI=1S/C18H19Cl2FN2O/c1-4-23(2)11-22-18-10-16(19)13(8-17(18)20)5-12-6-14(21)9-15(7-12)24-3/h6-11H,4-5H2,1-3H3/b22-11-. The summed E-state index contributed by atoms with van der Waals surface area (Å²) in [6.45, 7) is 2.87. The van der Waals surface area contributed by atoms with Crippen LogP contribution < -0.4 is 4.74 Å². The van der Waals surface area contributed by atoms with Crippen LogP contribution in [0.3, 0.4) is 0 Å². The van der Waals surface area contributed by atoms with Gasteiger partial charge in [0.25, 0.3) is 0 Å². The van der Waals surface area contributed by atoms with Gasteiger partial charge in [0.05, 0.1) is 24.2 Å². The van der Waals surface area contributed by atoms with Crippen LogP contribution in [0.5, 0.6) is 5.75 Å². The Labute approximate surface area is 151 Å². The highest BCUT2D eigenvalue weighted by Crippen LogP contribution is 2.33. The van der Waals surface area contributed by atoms with Crippen LogP contribution in [0.4, 0.5) is 10.1 Å². The van der Waals surface area contributed by atoms with E-state index in [0.29, 0.717) is 27.9 Å². The molecule has 24 heavy (non-hydrogen) atoms. The molecule has 0 saturated carbocycles. The fraction of sp³-hybridized carbons (Fsp3) is 0.278. The zero-order chi connectivity index (χ0) is 17.7. The van der Waals surface area contributed by atoms with Crippen molar-refractivity contribution in [1.29, 1.82) is 0 Å². The van der Waals surface area contributed by atoms with Gasteiger partial charge in [-0.05, 0) is 48.7 Å². The second-order valence-corrected chi connectivity index (χ2v) is 6.20. The summed E-state index contributed by atoms with van der Waals surface area (Å²) in [6, 6.07) is 8.04. The molecule has 0 N–H and O–H groups in total. The van der Waals surface area contributed by atoms with Crippen LogP contribution in [0.25, 0.3) is 0 Å². The molecule has 0 atom stereocenters. The van der Waals surface area contributed by atoms with E-state index in [4.69, 9.17) is 27.9 Å². The minimum atomic E-state index is -0.351. The first-order chi connectivity index (χ1) is 11.4. The lowest BCUT2D eigenvalue weighted by Gasteiger charge is -2.11. The number of aliphatic imine (C=N–C) groups is 1. The number of hydrogen-bond donors (Lipinski definition) is 0. The van der Waals surface area contributed by atoms with Crippen molar-refractivity contribution >= 4 is 35.2 Å². The third kappa shape index (κ3) is 4.86. The van der Waals surface area contributed by atoms with Crippen molar-refractivity contribution in [2.75, 3.05) is 20.7 Å². The van der Waals surface area contributed by atoms with E-state index >= 15 is 0 Å². The number of methoxy groups -OCH3 is 1. The summed E-state index contributed by atoms with van der Waals surface area (Å²) < 4.78 is 18.7. The summed E-state index contributed by atoms with van der Waals surface area (Å²) in [7, 11) is 3.42. The van der Waals surface area contributed by atoms with Crippen molar-refractivity contribution in [3.05, 3.63) is 57.3 Å². The van der Waals surface area contributed by atoms with Crippen LogP contribution in [0, 0.1) is 5.82 Å². The average Bonchev–Trinajstić information content (AvgIpc) is 2.55. The smallest absolute Gasteiger partial charge is 0.127 e. The molecular weight excluding hydrogens is 350 g/mol. The van der Waals surface area contributed by atoms with E-state index in [1.165, 1.54) is 19.2 Å². The lowest BCUT2D eigenvalue weighted by Crippen LogP contribution is -2.14. The summed E-state index contributed by atoms with van der Waals surface area (Å²) in [5.74, 6) is 0.117. The summed E-state index contributed by atoms with van der Waals surface area (Å²) in [5.41, 5.74) is 2.16. The summed E-state index contributed by atoms with van der Waals surface area (Å²) in [5, 5.41) is 1.03. The van der Waals surface area contributed by atoms with Crippen molar-refractivity contribution in [3.63, 3.8) is 0 Å². The van der Waals surface area contributed by atoms with Gasteiger partial charge >= 0.3 is 0 Å². The maximum atomic E-state index is 13.6. The molecule has 0 radical (unpaired) electrons. The summed E-state index contributed by atoms with van der Waals surface area (Å²) in [4.78, 5) is 6.26. The van der Waals surface area contributed by atoms with Gasteiger partial charge in [-0.2, -0.15) is 0 Å². The Hall–Kier alpha value is -1.78. The Morgan fingerprint density at radius 2 is 1.92 bits per heavy atom. The molecule has 2 aromatic rings. The number of hydrogen-bond acceptors (Lipinski definition) is 2. The van der Waals surface area contributed by atoms with Gasteiger partial charge in [0.15, 0.2) is 0 Å². The minimum Gasteiger partial charge on any atom is -0.497 e. The monoisotopic (exact) mass is 368 g/mol. The normalized spacial score (nSPS) is 11.1. The number of halogens is 3. The van der Waals surface area contributed by atoms with Gasteiger partial charge in [0.1, 0.15) is 11.6 Å². The van der Waals surface area contributed by atoms with Gasteiger partial charge in [0, 0.05) is 24.7 Å². The Morgan fingerprint density at radius 3 is 2.58 bits per heavy atom. The highest BCUT2D eigenvalue weighted by atomic mass is 35.5. The molecule has 128 valence electrons. The lowest BCUT2D eigenvalue weighted by molar-refractivity contribution is 0.410. The number of nitrogens with zero attached hydrogens (tertiary/aromatic N) is 2. The molecule has 0 amide bonds. The van der Waals surface area contributed by atoms with Crippen LogP contribution in [-0.4, -0.2) is 31.9 Å². The molecule has 0 spiro atoms. The van der Waals surface area contributed by atoms with Gasteiger partial charge in [-0.3, -0.25) is 0 Å². The number of rotatable bonds is 6. The van der Waals surface area contributed by atoms with E-state index < -0.39 is 0 Å². The average molecular weight is 369 g/mol. The Morgan fingerprint density at radius 1 is 1.17 bits per heavy atom. The molecule has 2 rings (SSSR count). The van der Waals surface area contributed by atoms with Gasteiger partial charge < -0.3 is 9.64 Å². The van der Waals surface area contributed by atoms with Gasteiger partial charge in [-0.25, -0.2) is 9.38 Å². The van der Waals surface area contributed by atoms with Crippen LogP contribution >= 0.6 is 23.2 Å². The third-order valence-electron chi connectivity index (χ3n) is 3.57. The molecule has 2 aromatic carbocycles. The fourth-order valence-electron chi connectivity index (χ4n) is 2.11. The molecule has 3 nitrogen and oxygen atoms in total. The van der Waals surface area contributed by atoms with E-state index in [2.05, 4.69) is 4.99 Å². The van der Waals surface area contributed by atoms with Crippen molar-refractivity contribution in [2.24, 2.45) is 4.99 Å². The second-order valence-electron chi connectivity index (χ2n) is 5.39. The molecule has 0 aliphatic carbocycles. The molecular formula is C18H19Cl2FN2O. The van der Waals surface area contributed by atoms with Crippen molar-refractivity contribution in [2.45, 2.75) is 13.3 Å². The third-order valence-corrected chi connectivity index (χ3v) is 4.22. The first-order valence-electron chi connectivity index (χ1n) is 7.48. The van der Waals surface area contributed by atoms with Gasteiger partial charge in [-0.15, -0.1) is 0 Å². The van der Waals surface area contributed by atoms with Crippen LogP contribution in [0.2, 0.25) is 10.0 Å². The second kappa shape index (κ2) is 8.36. The first-order valence-corrected chi connectivity index (χ1v) is 8.24. The number of benzene rings is 2. The van der Waals surface area contributed by atoms with E-state index in [1.807, 2.05) is 18.9 Å². The van der Waals surface area contributed by atoms with Crippen LogP contribution in [-0.2, 0) is 6.42 Å². The summed E-state index contributed by atoms with van der Waals surface area (Å²) in [6.07, 6.45) is 2.15. The predicted octanol–water partition coefficient (Wildman–Crippen LogP) is 5.34. The fourth-order valence-corrected chi connectivity index (χ4v) is 2.57. The predicted molar refractivity (Wildman–Crippen MR) is 98.7 cm³/mol. The molecule has 6 heteroatoms. The maximum Gasteiger partial charge on any atom is 0.127 e. The van der Waals surface area contributed by atoms with Gasteiger partial charge in [0.2, 0.25) is 0 Å². The van der Waals surface area contributed by atoms with Crippen LogP contribution in [0.1, 0.15) is 18.1 Å². The molecule has 0 aromatic heterocycles. The Bertz CT molecular complexity index is 750. The van der Waals surface area contributed by atoms with E-state index in [0.717, 1.165) is 17.7 Å². The topological polar surface area (TPSA) is 24.8 Å². The molecule has 0 unspecified atom stereocenters. The molecule has 0 saturated heterocycles. The molecule has 0 aliphatic heterocycles. The SMILES string of the molecule is CCN(C)/C=N\c1cc(Cl)c(Cc2cc(F)cc(OC)c2)cc1Cl. The Kier molecular flexibility index (Phi) is 6.46. The highest BCUT2D eigenvalue weighted by Gasteiger charge is 2.09. The largest absolute Gasteiger partial charge is 0.497 e. The summed E-state index contributed by atoms with van der Waals surface area (Å²) >= 11 is 12.6. The maximum absolute atomic E-state index is 13.6. The lowest BCUT2D eigenvalue weighted by atomic mass is 10.0. The van der Waals surface area contributed by atoms with Crippen molar-refractivity contribution < 1.29 is 9.13 Å². The molecule has 0 heterocycles. The molecule has 0 aliphatic rings. The zero-order valence-corrected chi connectivity index (χ0v) is 15.3. The quantitative estimate of drug-likeness (QED) is 0.507. The van der Waals surface area contributed by atoms with E-state index in [1.54, 1.807) is 24.5 Å². The molecule has 0 fully saturated rings. The minimum absolute atomic E-state index is 0.351. The zero-order valence-electron chi connectivity index (χ0n) is 13.8. The number of ether oxygens (including phenoxy) is 1. The first kappa shape index (κ1) is 18.6. The van der Waals surface area contributed by atoms with E-state index in [9.17, 15) is 4.39 Å². The van der Waals surface area contributed by atoms with Crippen molar-refractivity contribution in [3.8, 4) is 5.75 Å².